The van der Waals surface area contributed by atoms with Gasteiger partial charge in [-0.25, -0.2) is 9.18 Å². The zero-order valence-electron chi connectivity index (χ0n) is 15.3. The minimum absolute atomic E-state index is 0.0528. The maximum atomic E-state index is 13.0. The molecule has 0 saturated carbocycles. The van der Waals surface area contributed by atoms with E-state index < -0.39 is 5.54 Å². The van der Waals surface area contributed by atoms with E-state index in [0.717, 1.165) is 24.3 Å². The summed E-state index contributed by atoms with van der Waals surface area (Å²) in [7, 11) is 0. The Hall–Kier alpha value is -2.63. The van der Waals surface area contributed by atoms with Gasteiger partial charge < -0.3 is 15.1 Å². The number of halogens is 1. The highest BCUT2D eigenvalue weighted by molar-refractivity contribution is 5.75. The van der Waals surface area contributed by atoms with E-state index in [1.165, 1.54) is 12.1 Å². The van der Waals surface area contributed by atoms with Crippen molar-refractivity contribution in [1.82, 2.24) is 15.2 Å². The number of hydrogen-bond donors (Lipinski definition) is 1. The fourth-order valence-electron chi connectivity index (χ4n) is 3.23. The van der Waals surface area contributed by atoms with E-state index in [4.69, 9.17) is 0 Å². The molecule has 5 nitrogen and oxygen atoms in total. The van der Waals surface area contributed by atoms with Gasteiger partial charge in [0.1, 0.15) is 5.82 Å². The molecule has 0 unspecified atom stereocenters. The van der Waals surface area contributed by atoms with E-state index in [-0.39, 0.29) is 11.8 Å². The average molecular weight is 356 g/mol. The fourth-order valence-corrected chi connectivity index (χ4v) is 3.23. The zero-order chi connectivity index (χ0) is 18.6. The number of benzene rings is 1. The average Bonchev–Trinajstić information content (AvgIpc) is 2.64. The molecule has 6 heteroatoms. The molecule has 1 saturated heterocycles. The van der Waals surface area contributed by atoms with Crippen molar-refractivity contribution >= 4 is 11.7 Å². The van der Waals surface area contributed by atoms with Crippen LogP contribution in [0, 0.1) is 5.82 Å². The van der Waals surface area contributed by atoms with Crippen molar-refractivity contribution in [2.45, 2.75) is 25.8 Å². The highest BCUT2D eigenvalue weighted by Gasteiger charge is 2.26. The molecule has 0 bridgehead atoms. The largest absolute Gasteiger partial charge is 0.367 e. The van der Waals surface area contributed by atoms with Crippen molar-refractivity contribution in [2.24, 2.45) is 0 Å². The number of piperazine rings is 1. The molecule has 1 aromatic carbocycles. The lowest BCUT2D eigenvalue weighted by Gasteiger charge is -2.38. The highest BCUT2D eigenvalue weighted by Crippen LogP contribution is 2.17. The normalized spacial score (nSPS) is 15.0. The maximum Gasteiger partial charge on any atom is 0.317 e. The van der Waals surface area contributed by atoms with E-state index >= 15 is 0 Å². The maximum absolute atomic E-state index is 13.0. The van der Waals surface area contributed by atoms with Crippen molar-refractivity contribution in [3.8, 4) is 0 Å². The van der Waals surface area contributed by atoms with Gasteiger partial charge in [-0.2, -0.15) is 0 Å². The molecule has 1 N–H and O–H groups in total. The smallest absolute Gasteiger partial charge is 0.317 e. The van der Waals surface area contributed by atoms with Crippen LogP contribution in [0.2, 0.25) is 0 Å². The van der Waals surface area contributed by atoms with Gasteiger partial charge in [0, 0.05) is 37.9 Å². The molecule has 2 aromatic rings. The van der Waals surface area contributed by atoms with Crippen LogP contribution < -0.4 is 10.2 Å². The number of nitrogens with zero attached hydrogens (tertiary/aromatic N) is 3. The number of nitrogens with one attached hydrogen (secondary N) is 1. The second-order valence-corrected chi connectivity index (χ2v) is 7.30. The van der Waals surface area contributed by atoms with Crippen LogP contribution in [-0.4, -0.2) is 47.6 Å². The van der Waals surface area contributed by atoms with Crippen LogP contribution in [0.15, 0.2) is 48.8 Å². The van der Waals surface area contributed by atoms with Crippen LogP contribution in [-0.2, 0) is 6.42 Å². The standard InChI is InChI=1S/C20H25FN4O/c1-20(2,14-16-5-7-17(21)8-6-16)23-19(26)25-12-10-24(11-13-25)18-4-3-9-22-15-18/h3-9,15H,10-14H2,1-2H3,(H,23,26). The van der Waals surface area contributed by atoms with Crippen LogP contribution in [0.4, 0.5) is 14.9 Å². The van der Waals surface area contributed by atoms with Crippen LogP contribution in [0.25, 0.3) is 0 Å². The number of carbonyl (C=O) groups is 1. The molecule has 1 aliphatic heterocycles. The number of hydrogen-bond acceptors (Lipinski definition) is 3. The van der Waals surface area contributed by atoms with E-state index in [2.05, 4.69) is 15.2 Å². The molecule has 1 aromatic heterocycles. The molecular weight excluding hydrogens is 331 g/mol. The number of anilines is 1. The third-order valence-electron chi connectivity index (χ3n) is 4.58. The predicted molar refractivity (Wildman–Crippen MR) is 101 cm³/mol. The number of aromatic nitrogens is 1. The van der Waals surface area contributed by atoms with Crippen molar-refractivity contribution < 1.29 is 9.18 Å². The Morgan fingerprint density at radius 1 is 1.15 bits per heavy atom. The van der Waals surface area contributed by atoms with Gasteiger partial charge in [0.15, 0.2) is 0 Å². The van der Waals surface area contributed by atoms with Crippen LogP contribution >= 0.6 is 0 Å². The van der Waals surface area contributed by atoms with Crippen LogP contribution in [0.5, 0.6) is 0 Å². The number of carbonyl (C=O) groups excluding carboxylic acids is 1. The van der Waals surface area contributed by atoms with E-state index in [9.17, 15) is 9.18 Å². The minimum Gasteiger partial charge on any atom is -0.367 e. The Labute approximate surface area is 153 Å². The second kappa shape index (κ2) is 7.72. The molecule has 138 valence electrons. The van der Waals surface area contributed by atoms with Gasteiger partial charge in [-0.15, -0.1) is 0 Å². The quantitative estimate of drug-likeness (QED) is 0.916. The summed E-state index contributed by atoms with van der Waals surface area (Å²) >= 11 is 0. The first-order valence-corrected chi connectivity index (χ1v) is 8.89. The van der Waals surface area contributed by atoms with Crippen LogP contribution in [0.3, 0.4) is 0 Å². The van der Waals surface area contributed by atoms with Gasteiger partial charge in [0.05, 0.1) is 11.9 Å². The molecule has 3 rings (SSSR count). The summed E-state index contributed by atoms with van der Waals surface area (Å²) in [5.74, 6) is -0.248. The third-order valence-corrected chi connectivity index (χ3v) is 4.58. The molecule has 1 aliphatic rings. The SMILES string of the molecule is CC(C)(Cc1ccc(F)cc1)NC(=O)N1CCN(c2cccnc2)CC1. The Bertz CT molecular complexity index is 725. The van der Waals surface area contributed by atoms with Crippen molar-refractivity contribution in [3.63, 3.8) is 0 Å². The molecule has 1 fully saturated rings. The summed E-state index contributed by atoms with van der Waals surface area (Å²) in [6, 6.07) is 10.3. The number of urea groups is 1. The minimum atomic E-state index is -0.407. The first kappa shape index (κ1) is 18.2. The Morgan fingerprint density at radius 2 is 1.85 bits per heavy atom. The van der Waals surface area contributed by atoms with E-state index in [1.54, 1.807) is 18.3 Å². The summed E-state index contributed by atoms with van der Waals surface area (Å²) in [5, 5.41) is 3.11. The molecule has 0 atom stereocenters. The summed E-state index contributed by atoms with van der Waals surface area (Å²) in [5.41, 5.74) is 1.68. The van der Waals surface area contributed by atoms with E-state index in [1.807, 2.05) is 37.1 Å². The first-order valence-electron chi connectivity index (χ1n) is 8.89. The monoisotopic (exact) mass is 356 g/mol. The Balaban J connectivity index is 1.52. The second-order valence-electron chi connectivity index (χ2n) is 7.30. The van der Waals surface area contributed by atoms with Crippen molar-refractivity contribution in [2.75, 3.05) is 31.1 Å². The fraction of sp³-hybridized carbons (Fsp3) is 0.400. The molecule has 2 amide bonds. The first-order chi connectivity index (χ1) is 12.4. The highest BCUT2D eigenvalue weighted by atomic mass is 19.1. The summed E-state index contributed by atoms with van der Waals surface area (Å²) in [6.07, 6.45) is 4.26. The van der Waals surface area contributed by atoms with Gasteiger partial charge in [-0.05, 0) is 50.1 Å². The number of rotatable bonds is 4. The van der Waals surface area contributed by atoms with Crippen molar-refractivity contribution in [1.29, 1.82) is 0 Å². The molecule has 2 heterocycles. The lowest BCUT2D eigenvalue weighted by molar-refractivity contribution is 0.183. The topological polar surface area (TPSA) is 48.5 Å². The molecule has 0 radical (unpaired) electrons. The molecule has 26 heavy (non-hydrogen) atoms. The predicted octanol–water partition coefficient (Wildman–Crippen LogP) is 3.07. The Morgan fingerprint density at radius 3 is 2.46 bits per heavy atom. The summed E-state index contributed by atoms with van der Waals surface area (Å²) in [4.78, 5) is 20.9. The van der Waals surface area contributed by atoms with Crippen LogP contribution in [0.1, 0.15) is 19.4 Å². The van der Waals surface area contributed by atoms with Gasteiger partial charge in [0.2, 0.25) is 0 Å². The number of amides is 2. The van der Waals surface area contributed by atoms with E-state index in [0.29, 0.717) is 19.5 Å². The molecule has 0 aliphatic carbocycles. The van der Waals surface area contributed by atoms with Gasteiger partial charge in [-0.3, -0.25) is 4.98 Å². The van der Waals surface area contributed by atoms with Crippen molar-refractivity contribution in [3.05, 3.63) is 60.2 Å². The van der Waals surface area contributed by atoms with Gasteiger partial charge >= 0.3 is 6.03 Å². The summed E-state index contributed by atoms with van der Waals surface area (Å²) < 4.78 is 13.0. The Kier molecular flexibility index (Phi) is 5.40. The third kappa shape index (κ3) is 4.71. The van der Waals surface area contributed by atoms with Gasteiger partial charge in [-0.1, -0.05) is 12.1 Å². The molecular formula is C20H25FN4O. The lowest BCUT2D eigenvalue weighted by atomic mass is 9.95. The van der Waals surface area contributed by atoms with Gasteiger partial charge in [0.25, 0.3) is 0 Å². The lowest BCUT2D eigenvalue weighted by Crippen LogP contribution is -2.56. The summed E-state index contributed by atoms with van der Waals surface area (Å²) in [6.45, 7) is 6.90. The zero-order valence-corrected chi connectivity index (χ0v) is 15.3. The number of pyridine rings is 1. The molecule has 0 spiro atoms.